The van der Waals surface area contributed by atoms with Crippen LogP contribution in [-0.2, 0) is 9.59 Å². The summed E-state index contributed by atoms with van der Waals surface area (Å²) in [6.45, 7) is 4.50. The second-order valence-electron chi connectivity index (χ2n) is 2.85. The minimum absolute atomic E-state index is 0.0429. The largest absolute Gasteiger partial charge is 0.320 e. The Hall–Kier alpha value is -0.510. The molecule has 0 aromatic carbocycles. The molecule has 0 N–H and O–H groups in total. The van der Waals surface area contributed by atoms with Gasteiger partial charge in [-0.2, -0.15) is 0 Å². The molecule has 1 fully saturated rings. The van der Waals surface area contributed by atoms with E-state index >= 15 is 0 Å². The highest BCUT2D eigenvalue weighted by atomic mass is 32.2. The summed E-state index contributed by atoms with van der Waals surface area (Å²) in [5.41, 5.74) is 0. The predicted molar refractivity (Wildman–Crippen MR) is 48.9 cm³/mol. The van der Waals surface area contributed by atoms with Crippen molar-refractivity contribution in [1.29, 1.82) is 0 Å². The van der Waals surface area contributed by atoms with E-state index in [1.165, 1.54) is 30.5 Å². The van der Waals surface area contributed by atoms with Gasteiger partial charge in [-0.3, -0.25) is 9.59 Å². The maximum atomic E-state index is 11.2. The summed E-state index contributed by atoms with van der Waals surface area (Å²) >= 11 is 1.32. The number of hydrogen-bond acceptors (Lipinski definition) is 3. The molecule has 0 aromatic rings. The molecule has 1 rings (SSSR count). The van der Waals surface area contributed by atoms with Gasteiger partial charge in [0, 0.05) is 12.7 Å². The van der Waals surface area contributed by atoms with Gasteiger partial charge in [0.25, 0.3) is 0 Å². The third kappa shape index (κ3) is 1.63. The molecule has 3 nitrogen and oxygen atoms in total. The highest BCUT2D eigenvalue weighted by Crippen LogP contribution is 2.28. The third-order valence-corrected chi connectivity index (χ3v) is 3.01. The fourth-order valence-electron chi connectivity index (χ4n) is 1.30. The van der Waals surface area contributed by atoms with Crippen molar-refractivity contribution in [3.05, 3.63) is 0 Å². The Kier molecular flexibility index (Phi) is 2.35. The third-order valence-electron chi connectivity index (χ3n) is 1.91. The first-order valence-corrected chi connectivity index (χ1v) is 4.79. The molecule has 0 aromatic heterocycles. The summed E-state index contributed by atoms with van der Waals surface area (Å²) in [5, 5.41) is -0.984. The minimum Gasteiger partial charge on any atom is -0.320 e. The molecule has 1 aliphatic rings. The molecule has 4 heteroatoms. The summed E-state index contributed by atoms with van der Waals surface area (Å²) in [6.07, 6.45) is 0. The molecule has 12 heavy (non-hydrogen) atoms. The summed E-state index contributed by atoms with van der Waals surface area (Å²) in [5.74, 6) is 0.288. The number of nitrogens with zero attached hydrogens (tertiary/aromatic N) is 1. The van der Waals surface area contributed by atoms with Gasteiger partial charge in [-0.25, -0.2) is 0 Å². The zero-order chi connectivity index (χ0) is 10.2. The van der Waals surface area contributed by atoms with Gasteiger partial charge >= 0.3 is 0 Å². The number of carbonyl (C=O) groups is 2. The van der Waals surface area contributed by atoms with E-state index in [9.17, 15) is 9.59 Å². The van der Waals surface area contributed by atoms with E-state index in [2.05, 4.69) is 0 Å². The van der Waals surface area contributed by atoms with Gasteiger partial charge in [-0.15, -0.1) is 11.8 Å². The van der Waals surface area contributed by atoms with Crippen LogP contribution in [-0.4, -0.2) is 33.7 Å². The molecule has 0 aliphatic carbocycles. The fourth-order valence-corrected chi connectivity index (χ4v) is 2.48. The Morgan fingerprint density at radius 1 is 1.58 bits per heavy atom. The van der Waals surface area contributed by atoms with Gasteiger partial charge < -0.3 is 4.90 Å². The van der Waals surface area contributed by atoms with E-state index in [1.54, 1.807) is 6.92 Å². The number of hydrogen-bond donors (Lipinski definition) is 0. The van der Waals surface area contributed by atoms with Crippen molar-refractivity contribution in [2.75, 3.05) is 5.75 Å². The van der Waals surface area contributed by atoms with Crippen LogP contribution in [0.3, 0.4) is 0 Å². The molecular formula is C8H13NO2S. The van der Waals surface area contributed by atoms with E-state index in [0.29, 0.717) is 5.75 Å². The van der Waals surface area contributed by atoms with Crippen LogP contribution < -0.4 is 0 Å². The maximum Gasteiger partial charge on any atom is 0.220 e. The lowest BCUT2D eigenvalue weighted by Gasteiger charge is -2.24. The van der Waals surface area contributed by atoms with Crippen LogP contribution in [0.25, 0.3) is 0 Å². The Morgan fingerprint density at radius 2 is 2.17 bits per heavy atom. The Morgan fingerprint density at radius 3 is 2.50 bits per heavy atom. The molecule has 68 valence electrons. The fraction of sp³-hybridized carbons (Fsp3) is 0.750. The average molecular weight is 188 g/mol. The molecular weight excluding hydrogens is 174 g/mol. The highest BCUT2D eigenvalue weighted by Gasteiger charge is 2.35. The van der Waals surface area contributed by atoms with Crippen LogP contribution in [0, 0.1) is 0 Å². The van der Waals surface area contributed by atoms with Crippen LogP contribution in [0.15, 0.2) is 0 Å². The quantitative estimate of drug-likeness (QED) is 0.613. The van der Waals surface area contributed by atoms with Gasteiger partial charge in [0.2, 0.25) is 5.91 Å². The van der Waals surface area contributed by atoms with Crippen molar-refractivity contribution in [2.45, 2.75) is 32.2 Å². The van der Waals surface area contributed by atoms with Crippen LogP contribution in [0.4, 0.5) is 0 Å². The van der Waals surface area contributed by atoms with E-state index < -0.39 is 11.4 Å². The molecule has 1 heterocycles. The Balaban J connectivity index is 2.92. The zero-order valence-corrected chi connectivity index (χ0v) is 8.27. The second kappa shape index (κ2) is 3.47. The number of Topliss-reactive ketones (excluding diaryl/α,β-unsaturated/α-hetero) is 1. The Labute approximate surface area is 77.9 Å². The molecule has 2 unspecified atom stereocenters. The average Bonchev–Trinajstić information content (AvgIpc) is 2.24. The maximum absolute atomic E-state index is 11.2. The number of ketones is 1. The Bertz CT molecular complexity index is 255. The smallest absolute Gasteiger partial charge is 0.220 e. The lowest BCUT2D eigenvalue weighted by Crippen LogP contribution is -2.42. The number of amides is 1. The lowest BCUT2D eigenvalue weighted by atomic mass is 10.2. The minimum atomic E-state index is -0.984. The van der Waals surface area contributed by atoms with E-state index in [1.807, 2.05) is 0 Å². The summed E-state index contributed by atoms with van der Waals surface area (Å²) in [4.78, 5) is 23.7. The van der Waals surface area contributed by atoms with Gasteiger partial charge in [-0.1, -0.05) is 0 Å². The normalized spacial score (nSPS) is 36.4. The van der Waals surface area contributed by atoms with Gasteiger partial charge in [0.15, 0.2) is 5.78 Å². The molecule has 1 amide bonds. The van der Waals surface area contributed by atoms with Crippen LogP contribution in [0.5, 0.6) is 0 Å². The molecule has 1 saturated heterocycles. The van der Waals surface area contributed by atoms with E-state index in [-0.39, 0.29) is 11.7 Å². The standard InChI is InChI=1S/C8H13NO2S/c1-5(10)8-4-12-7(3)9(8)6(2)11/h7-8H,4H2,1-3H3/i7D. The van der Waals surface area contributed by atoms with Gasteiger partial charge in [-0.05, 0) is 13.8 Å². The molecule has 2 atom stereocenters. The van der Waals surface area contributed by atoms with Crippen molar-refractivity contribution in [2.24, 2.45) is 0 Å². The van der Waals surface area contributed by atoms with Crippen molar-refractivity contribution in [1.82, 2.24) is 4.90 Å². The monoisotopic (exact) mass is 188 g/mol. The van der Waals surface area contributed by atoms with Crippen molar-refractivity contribution >= 4 is 23.5 Å². The van der Waals surface area contributed by atoms with Crippen molar-refractivity contribution < 1.29 is 11.0 Å². The molecule has 0 saturated carbocycles. The molecule has 0 spiro atoms. The first-order chi connectivity index (χ1) is 5.86. The molecule has 0 bridgehead atoms. The van der Waals surface area contributed by atoms with E-state index in [4.69, 9.17) is 1.37 Å². The van der Waals surface area contributed by atoms with Gasteiger partial charge in [0.1, 0.15) is 6.04 Å². The van der Waals surface area contributed by atoms with Crippen molar-refractivity contribution in [3.63, 3.8) is 0 Å². The van der Waals surface area contributed by atoms with Crippen LogP contribution in [0.2, 0.25) is 0 Å². The number of carbonyl (C=O) groups excluding carboxylic acids is 2. The SMILES string of the molecule is [2H]C1(C)SCC(C(C)=O)N1C(C)=O. The molecule has 0 radical (unpaired) electrons. The zero-order valence-electron chi connectivity index (χ0n) is 8.46. The summed E-state index contributed by atoms with van der Waals surface area (Å²) in [6, 6.07) is -0.412. The topological polar surface area (TPSA) is 37.4 Å². The number of thioether (sulfide) groups is 1. The predicted octanol–water partition coefficient (Wildman–Crippen LogP) is 0.885. The summed E-state index contributed by atoms with van der Waals surface area (Å²) < 4.78 is 7.81. The van der Waals surface area contributed by atoms with Crippen molar-refractivity contribution in [3.8, 4) is 0 Å². The lowest BCUT2D eigenvalue weighted by molar-refractivity contribution is -0.136. The first-order valence-electron chi connectivity index (χ1n) is 4.30. The summed E-state index contributed by atoms with van der Waals surface area (Å²) in [7, 11) is 0. The van der Waals surface area contributed by atoms with Crippen LogP contribution in [0.1, 0.15) is 22.1 Å². The van der Waals surface area contributed by atoms with Crippen LogP contribution >= 0.6 is 11.8 Å². The van der Waals surface area contributed by atoms with E-state index in [0.717, 1.165) is 0 Å². The van der Waals surface area contributed by atoms with Gasteiger partial charge in [0.05, 0.1) is 6.72 Å². The highest BCUT2D eigenvalue weighted by molar-refractivity contribution is 8.00. The number of rotatable bonds is 1. The second-order valence-corrected chi connectivity index (χ2v) is 4.06. The molecule has 1 aliphatic heterocycles. The first kappa shape index (κ1) is 8.10.